The number of nitrogens with zero attached hydrogens (tertiary/aromatic N) is 2. The summed E-state index contributed by atoms with van der Waals surface area (Å²) >= 11 is 0. The van der Waals surface area contributed by atoms with Crippen molar-refractivity contribution in [2.75, 3.05) is 38.7 Å². The van der Waals surface area contributed by atoms with Gasteiger partial charge in [-0.15, -0.1) is 0 Å². The zero-order valence-electron chi connectivity index (χ0n) is 15.6. The van der Waals surface area contributed by atoms with Crippen molar-refractivity contribution < 1.29 is 14.3 Å². The third-order valence-electron chi connectivity index (χ3n) is 4.65. The first-order valence-electron chi connectivity index (χ1n) is 8.97. The lowest BCUT2D eigenvalue weighted by atomic mass is 10.1. The second kappa shape index (κ2) is 8.23. The van der Waals surface area contributed by atoms with E-state index in [9.17, 15) is 4.79 Å². The fourth-order valence-corrected chi connectivity index (χ4v) is 3.36. The molecule has 0 aliphatic carbocycles. The van der Waals surface area contributed by atoms with Crippen molar-refractivity contribution in [3.05, 3.63) is 59.7 Å². The summed E-state index contributed by atoms with van der Waals surface area (Å²) in [6, 6.07) is 15.8. The van der Waals surface area contributed by atoms with Gasteiger partial charge >= 0.3 is 5.97 Å². The van der Waals surface area contributed by atoms with Gasteiger partial charge in [-0.1, -0.05) is 24.3 Å². The second-order valence-electron chi connectivity index (χ2n) is 6.63. The molecule has 0 saturated carbocycles. The fourth-order valence-electron chi connectivity index (χ4n) is 3.36. The maximum atomic E-state index is 11.5. The van der Waals surface area contributed by atoms with E-state index in [1.807, 2.05) is 24.3 Å². The number of carbonyl (C=O) groups excluding carboxylic acids is 1. The third kappa shape index (κ3) is 4.17. The number of benzene rings is 2. The molecular weight excluding hydrogens is 328 g/mol. The van der Waals surface area contributed by atoms with E-state index in [4.69, 9.17) is 9.47 Å². The average Bonchev–Trinajstić information content (AvgIpc) is 2.67. The Labute approximate surface area is 155 Å². The van der Waals surface area contributed by atoms with Crippen LogP contribution in [0.2, 0.25) is 0 Å². The van der Waals surface area contributed by atoms with Gasteiger partial charge in [0, 0.05) is 19.6 Å². The molecule has 2 aromatic carbocycles. The van der Waals surface area contributed by atoms with E-state index in [1.165, 1.54) is 12.8 Å². The first-order valence-corrected chi connectivity index (χ1v) is 8.97. The van der Waals surface area contributed by atoms with Crippen LogP contribution < -0.4 is 9.64 Å². The zero-order valence-corrected chi connectivity index (χ0v) is 15.6. The van der Waals surface area contributed by atoms with Crippen LogP contribution >= 0.6 is 0 Å². The van der Waals surface area contributed by atoms with Crippen LogP contribution in [0, 0.1) is 0 Å². The molecule has 1 atom stereocenters. The van der Waals surface area contributed by atoms with Crippen LogP contribution in [0.4, 0.5) is 5.69 Å². The molecule has 138 valence electrons. The quantitative estimate of drug-likeness (QED) is 0.745. The number of fused-ring (bicyclic) bond motifs is 1. The fraction of sp³-hybridized carbons (Fsp3) is 0.381. The number of ether oxygens (including phenoxy) is 2. The van der Waals surface area contributed by atoms with Crippen molar-refractivity contribution in [1.29, 1.82) is 0 Å². The van der Waals surface area contributed by atoms with E-state index >= 15 is 0 Å². The monoisotopic (exact) mass is 354 g/mol. The van der Waals surface area contributed by atoms with Crippen molar-refractivity contribution in [2.45, 2.75) is 19.6 Å². The van der Waals surface area contributed by atoms with Crippen LogP contribution in [-0.4, -0.2) is 50.8 Å². The Hall–Kier alpha value is -2.53. The highest BCUT2D eigenvalue weighted by Crippen LogP contribution is 2.32. The maximum absolute atomic E-state index is 11.5. The lowest BCUT2D eigenvalue weighted by Crippen LogP contribution is -2.45. The Kier molecular flexibility index (Phi) is 5.78. The topological polar surface area (TPSA) is 42.0 Å². The largest absolute Gasteiger partial charge is 0.485 e. The Morgan fingerprint density at radius 2 is 1.96 bits per heavy atom. The van der Waals surface area contributed by atoms with Crippen LogP contribution in [0.15, 0.2) is 48.5 Å². The third-order valence-corrected chi connectivity index (χ3v) is 4.65. The van der Waals surface area contributed by atoms with Crippen molar-refractivity contribution in [3.8, 4) is 5.75 Å². The number of methoxy groups -OCH3 is 1. The van der Waals surface area contributed by atoms with Gasteiger partial charge in [0.05, 0.1) is 24.9 Å². The van der Waals surface area contributed by atoms with Gasteiger partial charge in [-0.3, -0.25) is 4.90 Å². The van der Waals surface area contributed by atoms with Crippen molar-refractivity contribution >= 4 is 11.7 Å². The molecule has 0 amide bonds. The first kappa shape index (κ1) is 18.3. The average molecular weight is 354 g/mol. The minimum Gasteiger partial charge on any atom is -0.485 e. The predicted molar refractivity (Wildman–Crippen MR) is 103 cm³/mol. The summed E-state index contributed by atoms with van der Waals surface area (Å²) in [6.07, 6.45) is 0.129. The van der Waals surface area contributed by atoms with Gasteiger partial charge in [-0.25, -0.2) is 4.79 Å². The Balaban J connectivity index is 1.60. The summed E-state index contributed by atoms with van der Waals surface area (Å²) < 4.78 is 10.9. The molecule has 0 saturated heterocycles. The summed E-state index contributed by atoms with van der Waals surface area (Å²) in [7, 11) is 3.49. The molecule has 1 aliphatic rings. The Morgan fingerprint density at radius 1 is 1.23 bits per heavy atom. The predicted octanol–water partition coefficient (Wildman–Crippen LogP) is 3.19. The Bertz CT molecular complexity index is 745. The number of likely N-dealkylation sites (N-methyl/N-ethyl adjacent to an activating group) is 2. The lowest BCUT2D eigenvalue weighted by molar-refractivity contribution is 0.0600. The molecule has 0 radical (unpaired) electrons. The summed E-state index contributed by atoms with van der Waals surface area (Å²) in [5.41, 5.74) is 2.90. The SMILES string of the molecule is CCN1C[C@H](CN(C)Cc2ccc(C(=O)OC)cc2)Oc2ccccc21. The van der Waals surface area contributed by atoms with E-state index in [0.717, 1.165) is 37.5 Å². The number of hydrogen-bond donors (Lipinski definition) is 0. The van der Waals surface area contributed by atoms with Crippen LogP contribution in [-0.2, 0) is 11.3 Å². The van der Waals surface area contributed by atoms with Gasteiger partial charge in [-0.05, 0) is 43.8 Å². The van der Waals surface area contributed by atoms with Crippen LogP contribution in [0.1, 0.15) is 22.8 Å². The molecule has 0 spiro atoms. The summed E-state index contributed by atoms with van der Waals surface area (Å²) in [6.45, 7) is 5.67. The standard InChI is InChI=1S/C21H26N2O3/c1-4-23-15-18(26-20-8-6-5-7-19(20)23)14-22(2)13-16-9-11-17(12-10-16)21(24)25-3/h5-12,18H,4,13-15H2,1-3H3/t18-/m0/s1. The molecule has 5 nitrogen and oxygen atoms in total. The lowest BCUT2D eigenvalue weighted by Gasteiger charge is -2.37. The molecule has 26 heavy (non-hydrogen) atoms. The molecule has 3 rings (SSSR count). The van der Waals surface area contributed by atoms with Crippen LogP contribution in [0.3, 0.4) is 0 Å². The van der Waals surface area contributed by atoms with Gasteiger partial charge in [0.15, 0.2) is 0 Å². The smallest absolute Gasteiger partial charge is 0.337 e. The van der Waals surface area contributed by atoms with E-state index in [-0.39, 0.29) is 12.1 Å². The maximum Gasteiger partial charge on any atom is 0.337 e. The highest BCUT2D eigenvalue weighted by Gasteiger charge is 2.25. The van der Waals surface area contributed by atoms with E-state index in [2.05, 4.69) is 35.9 Å². The first-order chi connectivity index (χ1) is 12.6. The summed E-state index contributed by atoms with van der Waals surface area (Å²) in [4.78, 5) is 16.1. The molecular formula is C21H26N2O3. The molecule has 0 fully saturated rings. The highest BCUT2D eigenvalue weighted by atomic mass is 16.5. The van der Waals surface area contributed by atoms with Gasteiger partial charge in [0.2, 0.25) is 0 Å². The highest BCUT2D eigenvalue weighted by molar-refractivity contribution is 5.89. The number of anilines is 1. The zero-order chi connectivity index (χ0) is 18.5. The molecule has 0 N–H and O–H groups in total. The minimum atomic E-state index is -0.307. The number of carbonyl (C=O) groups is 1. The molecule has 5 heteroatoms. The molecule has 0 unspecified atom stereocenters. The van der Waals surface area contributed by atoms with Crippen LogP contribution in [0.5, 0.6) is 5.75 Å². The molecule has 2 aromatic rings. The van der Waals surface area contributed by atoms with E-state index in [0.29, 0.717) is 5.56 Å². The number of rotatable bonds is 6. The molecule has 1 aliphatic heterocycles. The van der Waals surface area contributed by atoms with Gasteiger partial charge < -0.3 is 14.4 Å². The molecule has 0 bridgehead atoms. The number of para-hydroxylation sites is 2. The van der Waals surface area contributed by atoms with Gasteiger partial charge in [-0.2, -0.15) is 0 Å². The number of hydrogen-bond acceptors (Lipinski definition) is 5. The minimum absolute atomic E-state index is 0.129. The summed E-state index contributed by atoms with van der Waals surface area (Å²) in [5, 5.41) is 0. The summed E-state index contributed by atoms with van der Waals surface area (Å²) in [5.74, 6) is 0.653. The van der Waals surface area contributed by atoms with Crippen molar-refractivity contribution in [3.63, 3.8) is 0 Å². The van der Waals surface area contributed by atoms with E-state index in [1.54, 1.807) is 12.1 Å². The van der Waals surface area contributed by atoms with Crippen molar-refractivity contribution in [2.24, 2.45) is 0 Å². The van der Waals surface area contributed by atoms with E-state index < -0.39 is 0 Å². The number of esters is 1. The van der Waals surface area contributed by atoms with Crippen LogP contribution in [0.25, 0.3) is 0 Å². The van der Waals surface area contributed by atoms with Gasteiger partial charge in [0.25, 0.3) is 0 Å². The normalized spacial score (nSPS) is 16.2. The molecule has 1 heterocycles. The molecule has 0 aromatic heterocycles. The van der Waals surface area contributed by atoms with Crippen molar-refractivity contribution in [1.82, 2.24) is 4.90 Å². The second-order valence-corrected chi connectivity index (χ2v) is 6.63. The van der Waals surface area contributed by atoms with Gasteiger partial charge in [0.1, 0.15) is 11.9 Å². The Morgan fingerprint density at radius 3 is 2.65 bits per heavy atom.